The zero-order valence-electron chi connectivity index (χ0n) is 3.55. The SMILES string of the molecule is O=PC(O)(O)[P+](=O)O. The molecule has 0 spiro atoms. The van der Waals surface area contributed by atoms with Crippen molar-refractivity contribution in [3.05, 3.63) is 0 Å². The molecule has 0 amide bonds. The van der Waals surface area contributed by atoms with Gasteiger partial charge in [-0.15, -0.1) is 0 Å². The summed E-state index contributed by atoms with van der Waals surface area (Å²) in [6.45, 7) is 0. The minimum absolute atomic E-state index is 1.17. The maximum atomic E-state index is 9.69. The molecule has 0 aliphatic heterocycles. The number of aliphatic hydroxyl groups is 2. The second kappa shape index (κ2) is 2.58. The van der Waals surface area contributed by atoms with Crippen LogP contribution in [-0.2, 0) is 9.13 Å². The predicted octanol–water partition coefficient (Wildman–Crippen LogP) is -0.391. The van der Waals surface area contributed by atoms with E-state index in [-0.39, 0.29) is 0 Å². The van der Waals surface area contributed by atoms with Gasteiger partial charge in [0.25, 0.3) is 8.46 Å². The smallest absolute Gasteiger partial charge is 0.314 e. The lowest BCUT2D eigenvalue weighted by Gasteiger charge is -1.91. The molecule has 0 bridgehead atoms. The molecule has 0 rings (SSSR count). The van der Waals surface area contributed by atoms with E-state index in [1.165, 1.54) is 0 Å². The van der Waals surface area contributed by atoms with Crippen molar-refractivity contribution in [1.29, 1.82) is 0 Å². The molecule has 0 fully saturated rings. The third kappa shape index (κ3) is 1.90. The first-order chi connectivity index (χ1) is 3.50. The topological polar surface area (TPSA) is 94.8 Å². The van der Waals surface area contributed by atoms with Crippen LogP contribution in [0.3, 0.4) is 0 Å². The van der Waals surface area contributed by atoms with Crippen LogP contribution in [0, 0.1) is 0 Å². The second-order valence-electron chi connectivity index (χ2n) is 0.964. The zero-order chi connectivity index (χ0) is 6.78. The molecule has 3 N–H and O–H groups in total. The van der Waals surface area contributed by atoms with E-state index in [2.05, 4.69) is 0 Å². The minimum atomic E-state index is -3.21. The van der Waals surface area contributed by atoms with Crippen molar-refractivity contribution >= 4 is 16.5 Å². The number of hydrogen-bond acceptors (Lipinski definition) is 4. The Balaban J connectivity index is 4.12. The molecule has 0 saturated heterocycles. The number of rotatable bonds is 2. The first-order valence-corrected chi connectivity index (χ1v) is 3.48. The van der Waals surface area contributed by atoms with Gasteiger partial charge in [0.05, 0.1) is 0 Å². The van der Waals surface area contributed by atoms with Gasteiger partial charge in [-0.1, -0.05) is 0 Å². The van der Waals surface area contributed by atoms with Crippen molar-refractivity contribution in [3.63, 3.8) is 0 Å². The van der Waals surface area contributed by atoms with Gasteiger partial charge in [-0.05, 0) is 4.57 Å². The molecule has 0 heterocycles. The average Bonchev–Trinajstić information content (AvgIpc) is 1.67. The third-order valence-electron chi connectivity index (χ3n) is 0.379. The molecule has 0 aromatic rings. The lowest BCUT2D eigenvalue weighted by molar-refractivity contribution is -0.0137. The van der Waals surface area contributed by atoms with Crippen molar-refractivity contribution < 1.29 is 24.2 Å². The molecule has 0 radical (unpaired) electrons. The van der Waals surface area contributed by atoms with Crippen molar-refractivity contribution in [2.75, 3.05) is 0 Å². The maximum absolute atomic E-state index is 9.69. The first kappa shape index (κ1) is 8.08. The van der Waals surface area contributed by atoms with E-state index in [4.69, 9.17) is 15.1 Å². The fraction of sp³-hybridized carbons (Fsp3) is 1.00. The highest BCUT2D eigenvalue weighted by atomic mass is 31.2. The molecular weight excluding hydrogens is 154 g/mol. The van der Waals surface area contributed by atoms with Gasteiger partial charge in [-0.3, -0.25) is 4.57 Å². The van der Waals surface area contributed by atoms with Gasteiger partial charge in [-0.25, -0.2) is 0 Å². The van der Waals surface area contributed by atoms with Gasteiger partial charge in [0.1, 0.15) is 0 Å². The molecule has 1 unspecified atom stereocenters. The monoisotopic (exact) mass is 157 g/mol. The van der Waals surface area contributed by atoms with Crippen LogP contribution in [0.1, 0.15) is 0 Å². The normalized spacial score (nSPS) is 14.1. The maximum Gasteiger partial charge on any atom is 0.586 e. The van der Waals surface area contributed by atoms with Gasteiger partial charge < -0.3 is 10.2 Å². The van der Waals surface area contributed by atoms with E-state index >= 15 is 0 Å². The van der Waals surface area contributed by atoms with E-state index in [9.17, 15) is 9.13 Å². The molecule has 7 heteroatoms. The highest BCUT2D eigenvalue weighted by Crippen LogP contribution is 2.38. The molecular formula is CH3O5P2+. The van der Waals surface area contributed by atoms with Crippen LogP contribution in [0.5, 0.6) is 0 Å². The molecule has 8 heavy (non-hydrogen) atoms. The van der Waals surface area contributed by atoms with Crippen LogP contribution in [0.15, 0.2) is 0 Å². The van der Waals surface area contributed by atoms with Crippen LogP contribution in [0.25, 0.3) is 0 Å². The largest absolute Gasteiger partial charge is 0.586 e. The molecule has 46 valence electrons. The Labute approximate surface area is 47.0 Å². The Bertz CT molecular complexity index is 118. The third-order valence-corrected chi connectivity index (χ3v) is 1.90. The van der Waals surface area contributed by atoms with Gasteiger partial charge in [-0.2, -0.15) is 4.89 Å². The lowest BCUT2D eigenvalue weighted by Crippen LogP contribution is -2.12. The fourth-order valence-electron chi connectivity index (χ4n) is 0.0349. The summed E-state index contributed by atoms with van der Waals surface area (Å²) < 4.78 is 19.2. The summed E-state index contributed by atoms with van der Waals surface area (Å²) in [6, 6.07) is 0. The van der Waals surface area contributed by atoms with E-state index in [1.807, 2.05) is 0 Å². The summed E-state index contributed by atoms with van der Waals surface area (Å²) in [5, 5.41) is 13.2. The molecule has 5 nitrogen and oxygen atoms in total. The molecule has 0 aromatic carbocycles. The van der Waals surface area contributed by atoms with Crippen LogP contribution < -0.4 is 0 Å². The molecule has 0 aliphatic carbocycles. The Morgan fingerprint density at radius 1 is 1.50 bits per heavy atom. The Morgan fingerprint density at radius 3 is 1.88 bits per heavy atom. The fourth-order valence-corrected chi connectivity index (χ4v) is 0.314. The molecule has 0 saturated carbocycles. The predicted molar refractivity (Wildman–Crippen MR) is 24.6 cm³/mol. The summed E-state index contributed by atoms with van der Waals surface area (Å²) in [6.07, 6.45) is 0. The van der Waals surface area contributed by atoms with Crippen LogP contribution >= 0.6 is 16.5 Å². The lowest BCUT2D eigenvalue weighted by atomic mass is 11.5. The van der Waals surface area contributed by atoms with Crippen LogP contribution in [-0.4, -0.2) is 20.4 Å². The average molecular weight is 157 g/mol. The van der Waals surface area contributed by atoms with E-state index in [0.717, 1.165) is 0 Å². The van der Waals surface area contributed by atoms with Crippen molar-refractivity contribution in [3.8, 4) is 0 Å². The van der Waals surface area contributed by atoms with Gasteiger partial charge in [0.15, 0.2) is 0 Å². The highest BCUT2D eigenvalue weighted by molar-refractivity contribution is 7.53. The Hall–Kier alpha value is 0.0800. The van der Waals surface area contributed by atoms with Gasteiger partial charge >= 0.3 is 13.3 Å². The summed E-state index contributed by atoms with van der Waals surface area (Å²) in [7, 11) is -4.38. The van der Waals surface area contributed by atoms with E-state index < -0.39 is 21.8 Å². The standard InChI is InChI=1S/CH2O5P2/c2-1(3,7-4)8(5)6/h2-3H/p+1. The first-order valence-electron chi connectivity index (χ1n) is 1.46. The quantitative estimate of drug-likeness (QED) is 0.374. The molecule has 0 aliphatic rings. The highest BCUT2D eigenvalue weighted by Gasteiger charge is 2.47. The van der Waals surface area contributed by atoms with Crippen LogP contribution in [0.2, 0.25) is 0 Å². The van der Waals surface area contributed by atoms with Crippen LogP contribution in [0.4, 0.5) is 0 Å². The van der Waals surface area contributed by atoms with Gasteiger partial charge in [0.2, 0.25) is 0 Å². The van der Waals surface area contributed by atoms with Crippen molar-refractivity contribution in [2.24, 2.45) is 0 Å². The van der Waals surface area contributed by atoms with Gasteiger partial charge in [0, 0.05) is 0 Å². The number of hydrogen-bond donors (Lipinski definition) is 3. The summed E-state index contributed by atoms with van der Waals surface area (Å²) in [4.78, 5) is 7.88. The molecule has 0 aromatic heterocycles. The Kier molecular flexibility index (Phi) is 2.60. The van der Waals surface area contributed by atoms with E-state index in [0.29, 0.717) is 0 Å². The second-order valence-corrected chi connectivity index (χ2v) is 3.29. The minimum Gasteiger partial charge on any atom is -0.314 e. The zero-order valence-corrected chi connectivity index (χ0v) is 5.34. The van der Waals surface area contributed by atoms with Crippen molar-refractivity contribution in [1.82, 2.24) is 0 Å². The van der Waals surface area contributed by atoms with Crippen molar-refractivity contribution in [2.45, 2.75) is 5.27 Å². The summed E-state index contributed by atoms with van der Waals surface area (Å²) in [5.74, 6) is 0. The summed E-state index contributed by atoms with van der Waals surface area (Å²) >= 11 is 0. The Morgan fingerprint density at radius 2 is 1.88 bits per heavy atom. The molecule has 1 atom stereocenters. The van der Waals surface area contributed by atoms with E-state index in [1.54, 1.807) is 0 Å². The summed E-state index contributed by atoms with van der Waals surface area (Å²) in [5.41, 5.74) is 0.